The minimum Gasteiger partial charge on any atom is -0.354 e. The van der Waals surface area contributed by atoms with Crippen LogP contribution in [0.3, 0.4) is 0 Å². The summed E-state index contributed by atoms with van der Waals surface area (Å²) in [5.74, 6) is 1.73. The summed E-state index contributed by atoms with van der Waals surface area (Å²) < 4.78 is 0. The van der Waals surface area contributed by atoms with Crippen molar-refractivity contribution in [2.75, 3.05) is 11.9 Å². The minimum atomic E-state index is -0.136. The number of hydrogen-bond donors (Lipinski definition) is 3. The Morgan fingerprint density at radius 1 is 1.15 bits per heavy atom. The van der Waals surface area contributed by atoms with Crippen molar-refractivity contribution in [1.29, 1.82) is 0 Å². The monoisotopic (exact) mass is 352 g/mol. The van der Waals surface area contributed by atoms with E-state index in [2.05, 4.69) is 44.4 Å². The Morgan fingerprint density at radius 2 is 1.92 bits per heavy atom. The smallest absolute Gasteiger partial charge is 0.222 e. The van der Waals surface area contributed by atoms with E-state index in [-0.39, 0.29) is 11.9 Å². The molecule has 0 radical (unpaired) electrons. The number of carbonyl (C=O) groups is 1. The summed E-state index contributed by atoms with van der Waals surface area (Å²) in [6.07, 6.45) is 4.49. The van der Waals surface area contributed by atoms with Crippen LogP contribution in [0.4, 0.5) is 5.95 Å². The van der Waals surface area contributed by atoms with Crippen molar-refractivity contribution in [2.24, 2.45) is 5.92 Å². The van der Waals surface area contributed by atoms with E-state index >= 15 is 0 Å². The standard InChI is InChI=1S/C19H24N6O/c1-13(2)12-16(18-24-14-6-3-4-7-15(14)25-18)23-17(26)8-11-22-19-20-9-5-10-21-19/h3-7,9-10,13,16H,8,11-12H2,1-2H3,(H,23,26)(H,24,25)(H,20,21,22). The maximum absolute atomic E-state index is 12.4. The normalized spacial score (nSPS) is 12.3. The summed E-state index contributed by atoms with van der Waals surface area (Å²) in [5.41, 5.74) is 1.89. The first-order chi connectivity index (χ1) is 12.6. The van der Waals surface area contributed by atoms with Crippen LogP contribution >= 0.6 is 0 Å². The van der Waals surface area contributed by atoms with Gasteiger partial charge >= 0.3 is 0 Å². The van der Waals surface area contributed by atoms with Crippen LogP contribution in [0.5, 0.6) is 0 Å². The second-order valence-corrected chi connectivity index (χ2v) is 6.64. The van der Waals surface area contributed by atoms with Gasteiger partial charge in [0.2, 0.25) is 11.9 Å². The predicted molar refractivity (Wildman–Crippen MR) is 102 cm³/mol. The van der Waals surface area contributed by atoms with Crippen molar-refractivity contribution >= 4 is 22.9 Å². The third kappa shape index (κ3) is 4.78. The first kappa shape index (κ1) is 17.8. The molecule has 7 heteroatoms. The first-order valence-corrected chi connectivity index (χ1v) is 8.86. The number of aromatic amines is 1. The molecule has 2 aromatic heterocycles. The molecule has 0 saturated heterocycles. The summed E-state index contributed by atoms with van der Waals surface area (Å²) in [6, 6.07) is 9.50. The summed E-state index contributed by atoms with van der Waals surface area (Å²) >= 11 is 0. The van der Waals surface area contributed by atoms with Gasteiger partial charge in [-0.2, -0.15) is 0 Å². The molecule has 136 valence electrons. The lowest BCUT2D eigenvalue weighted by molar-refractivity contribution is -0.121. The van der Waals surface area contributed by atoms with Crippen LogP contribution in [0.2, 0.25) is 0 Å². The summed E-state index contributed by atoms with van der Waals surface area (Å²) in [6.45, 7) is 4.75. The second-order valence-electron chi connectivity index (χ2n) is 6.64. The summed E-state index contributed by atoms with van der Waals surface area (Å²) in [4.78, 5) is 28.5. The number of nitrogens with one attached hydrogen (secondary N) is 3. The molecule has 0 aliphatic heterocycles. The van der Waals surface area contributed by atoms with E-state index in [9.17, 15) is 4.79 Å². The molecule has 0 aliphatic carbocycles. The van der Waals surface area contributed by atoms with Crippen molar-refractivity contribution < 1.29 is 4.79 Å². The largest absolute Gasteiger partial charge is 0.354 e. The van der Waals surface area contributed by atoms with Gasteiger partial charge in [0, 0.05) is 25.4 Å². The van der Waals surface area contributed by atoms with E-state index in [0.29, 0.717) is 24.8 Å². The van der Waals surface area contributed by atoms with Crippen LogP contribution in [0.15, 0.2) is 42.7 Å². The van der Waals surface area contributed by atoms with E-state index in [4.69, 9.17) is 0 Å². The number of para-hydroxylation sites is 2. The zero-order valence-corrected chi connectivity index (χ0v) is 15.1. The molecule has 1 aromatic carbocycles. The Kier molecular flexibility index (Phi) is 5.78. The second kappa shape index (κ2) is 8.42. The molecule has 3 N–H and O–H groups in total. The Hall–Kier alpha value is -2.96. The molecular weight excluding hydrogens is 328 g/mol. The van der Waals surface area contributed by atoms with E-state index in [1.807, 2.05) is 24.3 Å². The van der Waals surface area contributed by atoms with E-state index in [1.54, 1.807) is 18.5 Å². The van der Waals surface area contributed by atoms with E-state index < -0.39 is 0 Å². The van der Waals surface area contributed by atoms with Crippen LogP contribution in [0, 0.1) is 5.92 Å². The lowest BCUT2D eigenvalue weighted by Gasteiger charge is -2.18. The minimum absolute atomic E-state index is 0.0282. The molecule has 3 rings (SSSR count). The maximum Gasteiger partial charge on any atom is 0.222 e. The maximum atomic E-state index is 12.4. The van der Waals surface area contributed by atoms with E-state index in [0.717, 1.165) is 23.3 Å². The molecule has 0 spiro atoms. The lowest BCUT2D eigenvalue weighted by atomic mass is 10.0. The number of aromatic nitrogens is 4. The molecule has 1 amide bonds. The van der Waals surface area contributed by atoms with Crippen LogP contribution in [-0.4, -0.2) is 32.4 Å². The summed E-state index contributed by atoms with van der Waals surface area (Å²) in [7, 11) is 0. The molecule has 0 fully saturated rings. The number of benzene rings is 1. The number of imidazole rings is 1. The van der Waals surface area contributed by atoms with Crippen LogP contribution < -0.4 is 10.6 Å². The first-order valence-electron chi connectivity index (χ1n) is 8.86. The topological polar surface area (TPSA) is 95.6 Å². The fourth-order valence-electron chi connectivity index (χ4n) is 2.79. The average molecular weight is 352 g/mol. The van der Waals surface area contributed by atoms with Gasteiger partial charge in [-0.1, -0.05) is 26.0 Å². The van der Waals surface area contributed by atoms with E-state index in [1.165, 1.54) is 0 Å². The fraction of sp³-hybridized carbons (Fsp3) is 0.368. The predicted octanol–water partition coefficient (Wildman–Crippen LogP) is 3.06. The Bertz CT molecular complexity index is 812. The van der Waals surface area contributed by atoms with Gasteiger partial charge in [0.15, 0.2) is 0 Å². The molecule has 1 unspecified atom stereocenters. The average Bonchev–Trinajstić information content (AvgIpc) is 3.06. The van der Waals surface area contributed by atoms with Crippen LogP contribution in [0.1, 0.15) is 38.6 Å². The molecule has 7 nitrogen and oxygen atoms in total. The number of nitrogens with zero attached hydrogens (tertiary/aromatic N) is 3. The zero-order valence-electron chi connectivity index (χ0n) is 15.1. The Morgan fingerprint density at radius 3 is 2.65 bits per heavy atom. The van der Waals surface area contributed by atoms with Crippen molar-refractivity contribution in [3.63, 3.8) is 0 Å². The molecule has 2 heterocycles. The lowest BCUT2D eigenvalue weighted by Crippen LogP contribution is -2.31. The van der Waals surface area contributed by atoms with Crippen LogP contribution in [-0.2, 0) is 4.79 Å². The van der Waals surface area contributed by atoms with Gasteiger partial charge in [0.05, 0.1) is 17.1 Å². The zero-order chi connectivity index (χ0) is 18.4. The quantitative estimate of drug-likeness (QED) is 0.579. The summed E-state index contributed by atoms with van der Waals surface area (Å²) in [5, 5.41) is 6.14. The Balaban J connectivity index is 1.61. The van der Waals surface area contributed by atoms with Crippen LogP contribution in [0.25, 0.3) is 11.0 Å². The number of anilines is 1. The molecule has 3 aromatic rings. The molecule has 0 aliphatic rings. The number of hydrogen-bond acceptors (Lipinski definition) is 5. The third-order valence-corrected chi connectivity index (χ3v) is 3.98. The SMILES string of the molecule is CC(C)CC(NC(=O)CCNc1ncccn1)c1nc2ccccc2[nH]1. The molecule has 1 atom stereocenters. The number of rotatable bonds is 8. The number of carbonyl (C=O) groups excluding carboxylic acids is 1. The molecular formula is C19H24N6O. The molecule has 0 bridgehead atoms. The van der Waals surface area contributed by atoms with Crippen molar-refractivity contribution in [1.82, 2.24) is 25.3 Å². The molecule has 26 heavy (non-hydrogen) atoms. The van der Waals surface area contributed by atoms with Gasteiger partial charge in [0.25, 0.3) is 0 Å². The van der Waals surface area contributed by atoms with Gasteiger partial charge in [0.1, 0.15) is 5.82 Å². The van der Waals surface area contributed by atoms with Gasteiger partial charge in [-0.05, 0) is 30.5 Å². The highest BCUT2D eigenvalue weighted by molar-refractivity contribution is 5.78. The highest BCUT2D eigenvalue weighted by atomic mass is 16.1. The van der Waals surface area contributed by atoms with Crippen molar-refractivity contribution in [3.8, 4) is 0 Å². The third-order valence-electron chi connectivity index (χ3n) is 3.98. The Labute approximate surface area is 152 Å². The number of amides is 1. The van der Waals surface area contributed by atoms with Gasteiger partial charge in [-0.25, -0.2) is 15.0 Å². The fourth-order valence-corrected chi connectivity index (χ4v) is 2.79. The van der Waals surface area contributed by atoms with Crippen molar-refractivity contribution in [3.05, 3.63) is 48.5 Å². The van der Waals surface area contributed by atoms with Crippen molar-refractivity contribution in [2.45, 2.75) is 32.7 Å². The van der Waals surface area contributed by atoms with Gasteiger partial charge in [-0.3, -0.25) is 4.79 Å². The highest BCUT2D eigenvalue weighted by Gasteiger charge is 2.19. The molecule has 0 saturated carbocycles. The highest BCUT2D eigenvalue weighted by Crippen LogP contribution is 2.22. The van der Waals surface area contributed by atoms with Gasteiger partial charge < -0.3 is 15.6 Å². The number of H-pyrrole nitrogens is 1. The van der Waals surface area contributed by atoms with Gasteiger partial charge in [-0.15, -0.1) is 0 Å². The number of fused-ring (bicyclic) bond motifs is 1.